The lowest BCUT2D eigenvalue weighted by Crippen LogP contribution is -2.46. The molecule has 2 fully saturated rings. The first-order valence-corrected chi connectivity index (χ1v) is 7.08. The van der Waals surface area contributed by atoms with E-state index in [0.29, 0.717) is 5.92 Å². The van der Waals surface area contributed by atoms with Crippen molar-refractivity contribution in [3.05, 3.63) is 0 Å². The molecule has 0 aromatic rings. The number of rotatable bonds is 2. The molecule has 1 unspecified atom stereocenters. The van der Waals surface area contributed by atoms with Crippen molar-refractivity contribution in [1.82, 2.24) is 9.80 Å². The maximum Gasteiger partial charge on any atom is 0.319 e. The molecule has 0 aromatic carbocycles. The Hall–Kier alpha value is -0.420. The van der Waals surface area contributed by atoms with E-state index < -0.39 is 0 Å². The predicted molar refractivity (Wildman–Crippen MR) is 65.9 cm³/mol. The topological polar surface area (TPSA) is 32.8 Å². The van der Waals surface area contributed by atoms with Crippen LogP contribution in [0.25, 0.3) is 0 Å². The highest BCUT2D eigenvalue weighted by molar-refractivity contribution is 7.99. The molecule has 0 aromatic heterocycles. The van der Waals surface area contributed by atoms with E-state index in [4.69, 9.17) is 4.74 Å². The minimum absolute atomic E-state index is 0.187. The van der Waals surface area contributed by atoms with Crippen LogP contribution in [-0.4, -0.2) is 67.2 Å². The molecular weight excluding hydrogens is 224 g/mol. The summed E-state index contributed by atoms with van der Waals surface area (Å²) < 4.78 is 5.33. The summed E-state index contributed by atoms with van der Waals surface area (Å²) in [4.78, 5) is 15.9. The van der Waals surface area contributed by atoms with Crippen LogP contribution in [0.5, 0.6) is 0 Å². The lowest BCUT2D eigenvalue weighted by Gasteiger charge is -2.31. The lowest BCUT2D eigenvalue weighted by molar-refractivity contribution is 0.151. The van der Waals surface area contributed by atoms with E-state index in [1.807, 2.05) is 28.6 Å². The van der Waals surface area contributed by atoms with E-state index in [9.17, 15) is 4.79 Å². The summed E-state index contributed by atoms with van der Waals surface area (Å²) in [7, 11) is 1.91. The van der Waals surface area contributed by atoms with Gasteiger partial charge in [0.1, 0.15) is 0 Å². The molecule has 2 aliphatic heterocycles. The second kappa shape index (κ2) is 5.77. The SMILES string of the molecule is CN(CC1CCOC1)C(=O)N1CCSCC1. The Morgan fingerprint density at radius 3 is 2.88 bits per heavy atom. The van der Waals surface area contributed by atoms with Crippen molar-refractivity contribution in [3.63, 3.8) is 0 Å². The Bertz CT molecular complexity index is 238. The fourth-order valence-corrected chi connectivity index (χ4v) is 3.09. The number of hydrogen-bond acceptors (Lipinski definition) is 3. The van der Waals surface area contributed by atoms with Crippen LogP contribution in [0.15, 0.2) is 0 Å². The molecule has 5 heteroatoms. The average molecular weight is 244 g/mol. The van der Waals surface area contributed by atoms with Gasteiger partial charge in [0.15, 0.2) is 0 Å². The fraction of sp³-hybridized carbons (Fsp3) is 0.909. The highest BCUT2D eigenvalue weighted by Crippen LogP contribution is 2.15. The van der Waals surface area contributed by atoms with Crippen LogP contribution in [0.1, 0.15) is 6.42 Å². The van der Waals surface area contributed by atoms with Gasteiger partial charge in [-0.2, -0.15) is 11.8 Å². The molecule has 0 bridgehead atoms. The Kier molecular flexibility index (Phi) is 4.35. The molecule has 0 radical (unpaired) electrons. The zero-order valence-electron chi connectivity index (χ0n) is 9.85. The molecular formula is C11H20N2O2S. The Labute approximate surface area is 101 Å². The van der Waals surface area contributed by atoms with Crippen LogP contribution in [-0.2, 0) is 4.74 Å². The zero-order chi connectivity index (χ0) is 11.4. The molecule has 0 spiro atoms. The van der Waals surface area contributed by atoms with Gasteiger partial charge in [-0.25, -0.2) is 4.79 Å². The summed E-state index contributed by atoms with van der Waals surface area (Å²) in [5.74, 6) is 2.69. The van der Waals surface area contributed by atoms with Crippen molar-refractivity contribution < 1.29 is 9.53 Å². The van der Waals surface area contributed by atoms with Gasteiger partial charge in [0, 0.05) is 50.7 Å². The van der Waals surface area contributed by atoms with Gasteiger partial charge in [0.05, 0.1) is 6.61 Å². The standard InChI is InChI=1S/C11H20N2O2S/c1-12(8-10-2-5-15-9-10)11(14)13-3-6-16-7-4-13/h10H,2-9H2,1H3. The fourth-order valence-electron chi connectivity index (χ4n) is 2.19. The maximum atomic E-state index is 12.1. The predicted octanol–water partition coefficient (Wildman–Crippen LogP) is 1.12. The normalized spacial score (nSPS) is 25.8. The molecule has 0 aliphatic carbocycles. The van der Waals surface area contributed by atoms with Gasteiger partial charge in [-0.1, -0.05) is 0 Å². The summed E-state index contributed by atoms with van der Waals surface area (Å²) >= 11 is 1.93. The van der Waals surface area contributed by atoms with Crippen molar-refractivity contribution in [1.29, 1.82) is 0 Å². The highest BCUT2D eigenvalue weighted by atomic mass is 32.2. The number of ether oxygens (including phenoxy) is 1. The van der Waals surface area contributed by atoms with Crippen LogP contribution >= 0.6 is 11.8 Å². The third-order valence-corrected chi connectivity index (χ3v) is 4.11. The molecule has 4 nitrogen and oxygen atoms in total. The Morgan fingerprint density at radius 2 is 2.25 bits per heavy atom. The van der Waals surface area contributed by atoms with Crippen molar-refractivity contribution in [2.45, 2.75) is 6.42 Å². The van der Waals surface area contributed by atoms with Gasteiger partial charge < -0.3 is 14.5 Å². The summed E-state index contributed by atoms with van der Waals surface area (Å²) in [6.07, 6.45) is 1.09. The highest BCUT2D eigenvalue weighted by Gasteiger charge is 2.24. The van der Waals surface area contributed by atoms with Crippen LogP contribution in [0.3, 0.4) is 0 Å². The summed E-state index contributed by atoms with van der Waals surface area (Å²) in [5.41, 5.74) is 0. The number of nitrogens with zero attached hydrogens (tertiary/aromatic N) is 2. The quantitative estimate of drug-likeness (QED) is 0.730. The summed E-state index contributed by atoms with van der Waals surface area (Å²) in [5, 5.41) is 0. The van der Waals surface area contributed by atoms with Gasteiger partial charge in [-0.15, -0.1) is 0 Å². The molecule has 2 amide bonds. The van der Waals surface area contributed by atoms with Gasteiger partial charge in [-0.3, -0.25) is 0 Å². The molecule has 0 N–H and O–H groups in total. The van der Waals surface area contributed by atoms with E-state index in [-0.39, 0.29) is 6.03 Å². The first-order chi connectivity index (χ1) is 7.77. The lowest BCUT2D eigenvalue weighted by atomic mass is 10.1. The van der Waals surface area contributed by atoms with E-state index in [0.717, 1.165) is 50.8 Å². The van der Waals surface area contributed by atoms with E-state index in [2.05, 4.69) is 0 Å². The largest absolute Gasteiger partial charge is 0.381 e. The molecule has 2 aliphatic rings. The van der Waals surface area contributed by atoms with E-state index >= 15 is 0 Å². The average Bonchev–Trinajstić information content (AvgIpc) is 2.82. The smallest absolute Gasteiger partial charge is 0.319 e. The zero-order valence-corrected chi connectivity index (χ0v) is 10.7. The number of amides is 2. The first kappa shape index (κ1) is 12.0. The first-order valence-electron chi connectivity index (χ1n) is 5.93. The molecule has 92 valence electrons. The van der Waals surface area contributed by atoms with Crippen LogP contribution in [0, 0.1) is 5.92 Å². The second-order valence-electron chi connectivity index (χ2n) is 4.49. The van der Waals surface area contributed by atoms with Crippen LogP contribution in [0.2, 0.25) is 0 Å². The number of thioether (sulfide) groups is 1. The summed E-state index contributed by atoms with van der Waals surface area (Å²) in [6.45, 7) is 4.30. The third kappa shape index (κ3) is 3.04. The maximum absolute atomic E-state index is 12.1. The number of carbonyl (C=O) groups is 1. The molecule has 1 atom stereocenters. The van der Waals surface area contributed by atoms with Crippen LogP contribution < -0.4 is 0 Å². The van der Waals surface area contributed by atoms with E-state index in [1.165, 1.54) is 0 Å². The van der Waals surface area contributed by atoms with Crippen molar-refractivity contribution in [3.8, 4) is 0 Å². The van der Waals surface area contributed by atoms with Gasteiger partial charge in [0.25, 0.3) is 0 Å². The van der Waals surface area contributed by atoms with Gasteiger partial charge in [-0.05, 0) is 6.42 Å². The Morgan fingerprint density at radius 1 is 1.50 bits per heavy atom. The molecule has 2 saturated heterocycles. The van der Waals surface area contributed by atoms with E-state index in [1.54, 1.807) is 0 Å². The molecule has 0 saturated carbocycles. The van der Waals surface area contributed by atoms with Crippen LogP contribution in [0.4, 0.5) is 4.79 Å². The van der Waals surface area contributed by atoms with Gasteiger partial charge >= 0.3 is 6.03 Å². The third-order valence-electron chi connectivity index (χ3n) is 3.16. The number of urea groups is 1. The number of carbonyl (C=O) groups excluding carboxylic acids is 1. The number of hydrogen-bond donors (Lipinski definition) is 0. The van der Waals surface area contributed by atoms with Crippen molar-refractivity contribution >= 4 is 17.8 Å². The van der Waals surface area contributed by atoms with Crippen molar-refractivity contribution in [2.75, 3.05) is 51.4 Å². The minimum atomic E-state index is 0.187. The van der Waals surface area contributed by atoms with Crippen molar-refractivity contribution in [2.24, 2.45) is 5.92 Å². The minimum Gasteiger partial charge on any atom is -0.381 e. The monoisotopic (exact) mass is 244 g/mol. The molecule has 16 heavy (non-hydrogen) atoms. The Balaban J connectivity index is 1.78. The molecule has 2 heterocycles. The van der Waals surface area contributed by atoms with Gasteiger partial charge in [0.2, 0.25) is 0 Å². The second-order valence-corrected chi connectivity index (χ2v) is 5.72. The summed E-state index contributed by atoms with van der Waals surface area (Å²) in [6, 6.07) is 0.187. The molecule has 2 rings (SSSR count).